The van der Waals surface area contributed by atoms with Gasteiger partial charge in [0.15, 0.2) is 11.6 Å². The Morgan fingerprint density at radius 1 is 1.28 bits per heavy atom. The van der Waals surface area contributed by atoms with E-state index in [-0.39, 0.29) is 18.2 Å². The van der Waals surface area contributed by atoms with E-state index in [2.05, 4.69) is 4.98 Å². The van der Waals surface area contributed by atoms with Gasteiger partial charge in [-0.15, -0.1) is 0 Å². The van der Waals surface area contributed by atoms with E-state index in [0.29, 0.717) is 5.56 Å². The van der Waals surface area contributed by atoms with Gasteiger partial charge in [0, 0.05) is 18.0 Å². The minimum atomic E-state index is -0.531. The van der Waals surface area contributed by atoms with E-state index in [9.17, 15) is 4.39 Å². The highest BCUT2D eigenvalue weighted by Crippen LogP contribution is 2.19. The first kappa shape index (κ1) is 12.0. The van der Waals surface area contributed by atoms with Gasteiger partial charge in [-0.05, 0) is 35.9 Å². The zero-order valence-corrected chi connectivity index (χ0v) is 9.56. The average molecular weight is 245 g/mol. The second-order valence-corrected chi connectivity index (χ2v) is 3.70. The van der Waals surface area contributed by atoms with Crippen LogP contribution in [0.5, 0.6) is 5.75 Å². The van der Waals surface area contributed by atoms with Crippen molar-refractivity contribution in [1.82, 2.24) is 4.98 Å². The molecule has 3 N–H and O–H groups in total. The van der Waals surface area contributed by atoms with E-state index in [4.69, 9.17) is 15.9 Å². The van der Waals surface area contributed by atoms with Crippen LogP contribution in [0.15, 0.2) is 42.7 Å². The van der Waals surface area contributed by atoms with Crippen LogP contribution in [-0.4, -0.2) is 10.8 Å². The number of halogens is 1. The molecule has 2 rings (SSSR count). The fraction of sp³-hybridized carbons (Fsp3) is 0.0769. The molecule has 0 spiro atoms. The summed E-state index contributed by atoms with van der Waals surface area (Å²) >= 11 is 0. The monoisotopic (exact) mass is 245 g/mol. The topological polar surface area (TPSA) is 72.0 Å². The molecule has 0 atom stereocenters. The van der Waals surface area contributed by atoms with E-state index >= 15 is 0 Å². The zero-order chi connectivity index (χ0) is 13.0. The van der Waals surface area contributed by atoms with Gasteiger partial charge in [0.2, 0.25) is 0 Å². The van der Waals surface area contributed by atoms with Crippen molar-refractivity contribution in [2.24, 2.45) is 5.73 Å². The smallest absolute Gasteiger partial charge is 0.165 e. The predicted octanol–water partition coefficient (Wildman–Crippen LogP) is 2.08. The molecule has 1 aromatic heterocycles. The molecule has 0 bridgehead atoms. The molecule has 0 saturated heterocycles. The molecular weight excluding hydrogens is 233 g/mol. The molecule has 0 aliphatic rings. The fourth-order valence-corrected chi connectivity index (χ4v) is 1.43. The maximum Gasteiger partial charge on any atom is 0.165 e. The summed E-state index contributed by atoms with van der Waals surface area (Å²) in [5.74, 6) is -0.567. The Hall–Kier alpha value is -2.43. The molecule has 2 aromatic rings. The van der Waals surface area contributed by atoms with Crippen molar-refractivity contribution in [1.29, 1.82) is 5.41 Å². The van der Waals surface area contributed by atoms with Crippen molar-refractivity contribution in [3.63, 3.8) is 0 Å². The molecule has 1 aromatic carbocycles. The largest absolute Gasteiger partial charge is 0.486 e. The van der Waals surface area contributed by atoms with Crippen LogP contribution in [0, 0.1) is 11.2 Å². The SMILES string of the molecule is N=C(N)c1ccc(OCc2ccncc2)c(F)c1. The van der Waals surface area contributed by atoms with Crippen molar-refractivity contribution in [3.05, 3.63) is 59.7 Å². The first-order chi connectivity index (χ1) is 8.66. The van der Waals surface area contributed by atoms with E-state index in [1.54, 1.807) is 30.6 Å². The van der Waals surface area contributed by atoms with Crippen LogP contribution in [0.3, 0.4) is 0 Å². The zero-order valence-electron chi connectivity index (χ0n) is 9.56. The lowest BCUT2D eigenvalue weighted by atomic mass is 10.2. The van der Waals surface area contributed by atoms with Crippen molar-refractivity contribution >= 4 is 5.84 Å². The molecule has 0 saturated carbocycles. The molecule has 5 heteroatoms. The van der Waals surface area contributed by atoms with Crippen LogP contribution in [0.1, 0.15) is 11.1 Å². The Morgan fingerprint density at radius 2 is 2.00 bits per heavy atom. The van der Waals surface area contributed by atoms with Gasteiger partial charge in [0.05, 0.1) is 0 Å². The number of nitrogens with zero attached hydrogens (tertiary/aromatic N) is 1. The van der Waals surface area contributed by atoms with Gasteiger partial charge in [-0.25, -0.2) is 4.39 Å². The number of nitrogen functional groups attached to an aromatic ring is 1. The summed E-state index contributed by atoms with van der Waals surface area (Å²) in [7, 11) is 0. The third kappa shape index (κ3) is 2.82. The number of hydrogen-bond acceptors (Lipinski definition) is 3. The van der Waals surface area contributed by atoms with E-state index in [1.165, 1.54) is 12.1 Å². The summed E-state index contributed by atoms with van der Waals surface area (Å²) in [6, 6.07) is 7.79. The first-order valence-corrected chi connectivity index (χ1v) is 5.32. The van der Waals surface area contributed by atoms with Gasteiger partial charge in [0.1, 0.15) is 12.4 Å². The summed E-state index contributed by atoms with van der Waals surface area (Å²) in [6.07, 6.45) is 3.29. The predicted molar refractivity (Wildman–Crippen MR) is 66.0 cm³/mol. The van der Waals surface area contributed by atoms with Gasteiger partial charge in [-0.1, -0.05) is 0 Å². The summed E-state index contributed by atoms with van der Waals surface area (Å²) < 4.78 is 19.0. The van der Waals surface area contributed by atoms with Gasteiger partial charge in [-0.3, -0.25) is 10.4 Å². The highest BCUT2D eigenvalue weighted by molar-refractivity contribution is 5.95. The van der Waals surface area contributed by atoms with Gasteiger partial charge in [-0.2, -0.15) is 0 Å². The molecule has 92 valence electrons. The van der Waals surface area contributed by atoms with E-state index in [0.717, 1.165) is 5.56 Å². The molecule has 4 nitrogen and oxygen atoms in total. The maximum absolute atomic E-state index is 13.6. The van der Waals surface area contributed by atoms with Crippen LogP contribution < -0.4 is 10.5 Å². The van der Waals surface area contributed by atoms with Crippen LogP contribution in [0.2, 0.25) is 0 Å². The number of aromatic nitrogens is 1. The van der Waals surface area contributed by atoms with Crippen LogP contribution >= 0.6 is 0 Å². The van der Waals surface area contributed by atoms with Crippen molar-refractivity contribution in [2.75, 3.05) is 0 Å². The lowest BCUT2D eigenvalue weighted by Crippen LogP contribution is -2.11. The molecule has 0 amide bonds. The maximum atomic E-state index is 13.6. The molecule has 0 fully saturated rings. The van der Waals surface area contributed by atoms with Crippen molar-refractivity contribution in [3.8, 4) is 5.75 Å². The average Bonchev–Trinajstić information content (AvgIpc) is 2.38. The number of nitrogens with two attached hydrogens (primary N) is 1. The Labute approximate surface area is 104 Å². The minimum absolute atomic E-state index is 0.136. The van der Waals surface area contributed by atoms with E-state index in [1.807, 2.05) is 0 Å². The standard InChI is InChI=1S/C13H12FN3O/c14-11-7-10(13(15)16)1-2-12(11)18-8-9-3-5-17-6-4-9/h1-7H,8H2,(H3,15,16). The lowest BCUT2D eigenvalue weighted by Gasteiger charge is -2.08. The number of nitrogens with one attached hydrogen (secondary N) is 1. The molecule has 0 unspecified atom stereocenters. The Morgan fingerprint density at radius 3 is 2.61 bits per heavy atom. The minimum Gasteiger partial charge on any atom is -0.486 e. The summed E-state index contributed by atoms with van der Waals surface area (Å²) in [4.78, 5) is 3.88. The highest BCUT2D eigenvalue weighted by Gasteiger charge is 2.06. The number of amidine groups is 1. The Balaban J connectivity index is 2.08. The molecule has 1 heterocycles. The fourth-order valence-electron chi connectivity index (χ4n) is 1.43. The first-order valence-electron chi connectivity index (χ1n) is 5.32. The summed E-state index contributed by atoms with van der Waals surface area (Å²) in [5.41, 5.74) is 6.51. The normalized spacial score (nSPS) is 10.1. The van der Waals surface area contributed by atoms with Gasteiger partial charge < -0.3 is 10.5 Å². The second-order valence-electron chi connectivity index (χ2n) is 3.70. The number of rotatable bonds is 4. The van der Waals surface area contributed by atoms with Gasteiger partial charge in [0.25, 0.3) is 0 Å². The third-order valence-electron chi connectivity index (χ3n) is 2.39. The van der Waals surface area contributed by atoms with Crippen LogP contribution in [-0.2, 0) is 6.61 Å². The number of benzene rings is 1. The Kier molecular flexibility index (Phi) is 3.52. The molecule has 18 heavy (non-hydrogen) atoms. The van der Waals surface area contributed by atoms with E-state index < -0.39 is 5.82 Å². The molecule has 0 aliphatic carbocycles. The second kappa shape index (κ2) is 5.27. The van der Waals surface area contributed by atoms with Crippen LogP contribution in [0.25, 0.3) is 0 Å². The number of hydrogen-bond donors (Lipinski definition) is 2. The molecule has 0 radical (unpaired) electrons. The summed E-state index contributed by atoms with van der Waals surface area (Å²) in [6.45, 7) is 0.263. The third-order valence-corrected chi connectivity index (χ3v) is 2.39. The molecular formula is C13H12FN3O. The van der Waals surface area contributed by atoms with Crippen molar-refractivity contribution < 1.29 is 9.13 Å². The Bertz CT molecular complexity index is 557. The lowest BCUT2D eigenvalue weighted by molar-refractivity contribution is 0.290. The van der Waals surface area contributed by atoms with Gasteiger partial charge >= 0.3 is 0 Å². The number of ether oxygens (including phenoxy) is 1. The quantitative estimate of drug-likeness (QED) is 0.640. The van der Waals surface area contributed by atoms with Crippen molar-refractivity contribution in [2.45, 2.75) is 6.61 Å². The van der Waals surface area contributed by atoms with Crippen LogP contribution in [0.4, 0.5) is 4.39 Å². The molecule has 0 aliphatic heterocycles. The highest BCUT2D eigenvalue weighted by atomic mass is 19.1. The summed E-state index contributed by atoms with van der Waals surface area (Å²) in [5, 5.41) is 7.20. The number of pyridine rings is 1.